The first kappa shape index (κ1) is 17.9. The number of carboxylic acid groups (broad SMARTS) is 1. The third kappa shape index (κ3) is 7.06. The highest BCUT2D eigenvalue weighted by Gasteiger charge is 2.22. The van der Waals surface area contributed by atoms with Gasteiger partial charge >= 0.3 is 12.0 Å². The van der Waals surface area contributed by atoms with Gasteiger partial charge in [0.1, 0.15) is 6.67 Å². The minimum atomic E-state index is -0.950. The lowest BCUT2D eigenvalue weighted by atomic mass is 10.0. The lowest BCUT2D eigenvalue weighted by Crippen LogP contribution is -2.52. The molecule has 0 saturated carbocycles. The van der Waals surface area contributed by atoms with Gasteiger partial charge in [-0.1, -0.05) is 30.3 Å². The summed E-state index contributed by atoms with van der Waals surface area (Å²) in [6.07, 6.45) is 0.801. The number of urea groups is 1. The molecule has 3 N–H and O–H groups in total. The van der Waals surface area contributed by atoms with Gasteiger partial charge < -0.3 is 15.7 Å². The van der Waals surface area contributed by atoms with Crippen molar-refractivity contribution in [1.29, 1.82) is 0 Å². The molecule has 0 aliphatic heterocycles. The molecule has 1 aromatic rings. The van der Waals surface area contributed by atoms with E-state index in [9.17, 15) is 14.0 Å². The second-order valence-electron chi connectivity index (χ2n) is 5.94. The molecule has 0 aliphatic carbocycles. The fraction of sp³-hybridized carbons (Fsp3) is 0.500. The van der Waals surface area contributed by atoms with E-state index in [0.29, 0.717) is 12.8 Å². The number of carbonyl (C=O) groups excluding carboxylic acids is 1. The summed E-state index contributed by atoms with van der Waals surface area (Å²) in [5.41, 5.74) is 0.0525. The van der Waals surface area contributed by atoms with Crippen LogP contribution in [0, 0.1) is 0 Å². The van der Waals surface area contributed by atoms with Crippen LogP contribution in [0.2, 0.25) is 0 Å². The van der Waals surface area contributed by atoms with Gasteiger partial charge in [0, 0.05) is 12.5 Å². The quantitative estimate of drug-likeness (QED) is 0.690. The average Bonchev–Trinajstić information content (AvgIpc) is 2.45. The normalized spacial score (nSPS) is 12.5. The Morgan fingerprint density at radius 1 is 1.27 bits per heavy atom. The van der Waals surface area contributed by atoms with Gasteiger partial charge in [0.05, 0.1) is 5.54 Å². The van der Waals surface area contributed by atoms with Gasteiger partial charge in [-0.25, -0.2) is 9.18 Å². The Morgan fingerprint density at radius 2 is 1.91 bits per heavy atom. The van der Waals surface area contributed by atoms with Crippen LogP contribution in [0.3, 0.4) is 0 Å². The van der Waals surface area contributed by atoms with Crippen molar-refractivity contribution in [1.82, 2.24) is 10.6 Å². The number of benzene rings is 1. The number of amides is 2. The number of rotatable bonds is 8. The van der Waals surface area contributed by atoms with E-state index in [1.54, 1.807) is 13.8 Å². The topological polar surface area (TPSA) is 78.4 Å². The molecule has 1 unspecified atom stereocenters. The van der Waals surface area contributed by atoms with E-state index in [-0.39, 0.29) is 12.5 Å². The highest BCUT2D eigenvalue weighted by Crippen LogP contribution is 2.09. The zero-order valence-corrected chi connectivity index (χ0v) is 12.9. The first-order valence-electron chi connectivity index (χ1n) is 7.23. The van der Waals surface area contributed by atoms with Crippen molar-refractivity contribution in [3.63, 3.8) is 0 Å². The average molecular weight is 310 g/mol. The number of hydrogen-bond donors (Lipinski definition) is 3. The summed E-state index contributed by atoms with van der Waals surface area (Å²) in [5.74, 6) is -0.913. The van der Waals surface area contributed by atoms with Gasteiger partial charge in [0.25, 0.3) is 0 Å². The Labute approximate surface area is 129 Å². The van der Waals surface area contributed by atoms with Crippen LogP contribution in [0.4, 0.5) is 9.18 Å². The summed E-state index contributed by atoms with van der Waals surface area (Å²) < 4.78 is 12.7. The van der Waals surface area contributed by atoms with Gasteiger partial charge in [-0.3, -0.25) is 4.79 Å². The van der Waals surface area contributed by atoms with Gasteiger partial charge in [-0.05, 0) is 32.3 Å². The molecule has 1 rings (SSSR count). The molecule has 0 radical (unpaired) electrons. The number of carbonyl (C=O) groups is 2. The zero-order valence-electron chi connectivity index (χ0n) is 12.9. The largest absolute Gasteiger partial charge is 0.481 e. The number of carboxylic acids is 1. The van der Waals surface area contributed by atoms with Crippen LogP contribution in [-0.4, -0.2) is 35.4 Å². The molecular formula is C16H23FN2O3. The third-order valence-corrected chi connectivity index (χ3v) is 3.15. The van der Waals surface area contributed by atoms with Crippen molar-refractivity contribution in [2.75, 3.05) is 6.67 Å². The molecule has 6 heteroatoms. The van der Waals surface area contributed by atoms with Gasteiger partial charge in [0.15, 0.2) is 0 Å². The molecule has 22 heavy (non-hydrogen) atoms. The summed E-state index contributed by atoms with van der Waals surface area (Å²) in [6, 6.07) is 8.67. The molecule has 1 aromatic carbocycles. The Hall–Kier alpha value is -2.11. The van der Waals surface area contributed by atoms with Gasteiger partial charge in [0.2, 0.25) is 0 Å². The Bertz CT molecular complexity index is 491. The Kier molecular flexibility index (Phi) is 6.82. The molecule has 0 aliphatic rings. The van der Waals surface area contributed by atoms with Crippen LogP contribution in [0.15, 0.2) is 30.3 Å². The predicted octanol–water partition coefficient (Wildman–Crippen LogP) is 2.51. The second-order valence-corrected chi connectivity index (χ2v) is 5.94. The first-order valence-corrected chi connectivity index (χ1v) is 7.23. The van der Waals surface area contributed by atoms with E-state index in [1.807, 2.05) is 30.3 Å². The van der Waals surface area contributed by atoms with Crippen molar-refractivity contribution in [2.24, 2.45) is 0 Å². The second kappa shape index (κ2) is 8.36. The number of nitrogens with one attached hydrogen (secondary N) is 2. The first-order chi connectivity index (χ1) is 10.3. The van der Waals surface area contributed by atoms with Crippen LogP contribution in [0.5, 0.6) is 0 Å². The molecule has 5 nitrogen and oxygen atoms in total. The van der Waals surface area contributed by atoms with E-state index in [2.05, 4.69) is 10.6 Å². The summed E-state index contributed by atoms with van der Waals surface area (Å²) >= 11 is 0. The van der Waals surface area contributed by atoms with E-state index in [4.69, 9.17) is 5.11 Å². The van der Waals surface area contributed by atoms with Crippen LogP contribution in [0.25, 0.3) is 0 Å². The maximum Gasteiger partial charge on any atom is 0.315 e. The smallest absolute Gasteiger partial charge is 0.315 e. The molecule has 0 aromatic heterocycles. The van der Waals surface area contributed by atoms with Crippen LogP contribution in [0.1, 0.15) is 32.3 Å². The van der Waals surface area contributed by atoms with E-state index in [0.717, 1.165) is 5.56 Å². The molecule has 0 bridgehead atoms. The van der Waals surface area contributed by atoms with Crippen molar-refractivity contribution in [2.45, 2.75) is 44.7 Å². The van der Waals surface area contributed by atoms with Crippen molar-refractivity contribution >= 4 is 12.0 Å². The van der Waals surface area contributed by atoms with Gasteiger partial charge in [-0.15, -0.1) is 0 Å². The molecule has 0 saturated heterocycles. The third-order valence-electron chi connectivity index (χ3n) is 3.15. The molecule has 0 fully saturated rings. The van der Waals surface area contributed by atoms with Crippen molar-refractivity contribution in [3.05, 3.63) is 35.9 Å². The van der Waals surface area contributed by atoms with Crippen LogP contribution < -0.4 is 10.6 Å². The molecular weight excluding hydrogens is 287 g/mol. The number of alkyl halides is 1. The highest BCUT2D eigenvalue weighted by atomic mass is 19.1. The number of hydrogen-bond acceptors (Lipinski definition) is 2. The van der Waals surface area contributed by atoms with Crippen molar-refractivity contribution < 1.29 is 19.1 Å². The lowest BCUT2D eigenvalue weighted by molar-refractivity contribution is -0.137. The lowest BCUT2D eigenvalue weighted by Gasteiger charge is -2.25. The summed E-state index contributed by atoms with van der Waals surface area (Å²) in [7, 11) is 0. The maximum absolute atomic E-state index is 12.7. The molecule has 2 amide bonds. The molecule has 122 valence electrons. The summed E-state index contributed by atoms with van der Waals surface area (Å²) in [4.78, 5) is 22.7. The van der Waals surface area contributed by atoms with Gasteiger partial charge in [-0.2, -0.15) is 0 Å². The van der Waals surface area contributed by atoms with Crippen LogP contribution >= 0.6 is 0 Å². The fourth-order valence-electron chi connectivity index (χ4n) is 1.98. The molecule has 0 heterocycles. The van der Waals surface area contributed by atoms with E-state index in [1.165, 1.54) is 0 Å². The highest BCUT2D eigenvalue weighted by molar-refractivity contribution is 5.75. The SMILES string of the molecule is CC(C)(CF)NC(=O)NC(CCC(=O)O)Cc1ccccc1. The number of aliphatic carboxylic acids is 1. The maximum atomic E-state index is 12.7. The monoisotopic (exact) mass is 310 g/mol. The van der Waals surface area contributed by atoms with Crippen LogP contribution in [-0.2, 0) is 11.2 Å². The Morgan fingerprint density at radius 3 is 2.45 bits per heavy atom. The van der Waals surface area contributed by atoms with E-state index < -0.39 is 24.2 Å². The molecule has 1 atom stereocenters. The minimum absolute atomic E-state index is 0.0374. The summed E-state index contributed by atoms with van der Waals surface area (Å²) in [6.45, 7) is 2.48. The number of halogens is 1. The van der Waals surface area contributed by atoms with Crippen molar-refractivity contribution in [3.8, 4) is 0 Å². The molecule has 0 spiro atoms. The zero-order chi connectivity index (χ0) is 16.6. The Balaban J connectivity index is 2.65. The fourth-order valence-corrected chi connectivity index (χ4v) is 1.98. The predicted molar refractivity (Wildman–Crippen MR) is 82.5 cm³/mol. The summed E-state index contributed by atoms with van der Waals surface area (Å²) in [5, 5.41) is 14.1. The standard InChI is InChI=1S/C16H23FN2O3/c1-16(2,11-17)19-15(22)18-13(8-9-14(20)21)10-12-6-4-3-5-7-12/h3-7,13H,8-11H2,1-2H3,(H,20,21)(H2,18,19,22). The minimum Gasteiger partial charge on any atom is -0.481 e. The van der Waals surface area contributed by atoms with E-state index >= 15 is 0 Å².